The highest BCUT2D eigenvalue weighted by Gasteiger charge is 2.40. The molecule has 0 aliphatic carbocycles. The lowest BCUT2D eigenvalue weighted by Gasteiger charge is -2.21. The predicted octanol–water partition coefficient (Wildman–Crippen LogP) is 1.43. The normalized spacial score (nSPS) is 16.2. The molecule has 3 atom stereocenters. The van der Waals surface area contributed by atoms with Gasteiger partial charge in [0.05, 0.1) is 64.1 Å². The molecule has 3 unspecified atom stereocenters. The Bertz CT molecular complexity index is 1060. The van der Waals surface area contributed by atoms with Gasteiger partial charge >= 0.3 is 12.2 Å². The second kappa shape index (κ2) is 28.3. The highest BCUT2D eigenvalue weighted by atomic mass is 32.2. The number of methoxy groups -OCH3 is 2. The first kappa shape index (κ1) is 45.7. The summed E-state index contributed by atoms with van der Waals surface area (Å²) in [4.78, 5) is 75.5. The molecule has 1 rings (SSSR count). The molecule has 1 aliphatic rings. The van der Waals surface area contributed by atoms with Gasteiger partial charge in [-0.25, -0.2) is 9.59 Å². The third-order valence-corrected chi connectivity index (χ3v) is 9.24. The SMILES string of the molecule is COCCOCCOC(=O)NCCCCC(NC(=O)OCCOCCOC)C(=O)CN1C(=O)CC(SCCCCCCOP(=O)([O-])OC)C1=O. The number of imide groups is 1. The smallest absolute Gasteiger partial charge is 0.407 e. The van der Waals surface area contributed by atoms with E-state index < -0.39 is 55.4 Å². The van der Waals surface area contributed by atoms with Crippen LogP contribution in [0.25, 0.3) is 0 Å². The van der Waals surface area contributed by atoms with Crippen molar-refractivity contribution in [2.45, 2.75) is 62.7 Å². The van der Waals surface area contributed by atoms with Crippen LogP contribution in [0.3, 0.4) is 0 Å². The summed E-state index contributed by atoms with van der Waals surface area (Å²) in [5.41, 5.74) is 0. The van der Waals surface area contributed by atoms with E-state index in [0.29, 0.717) is 57.9 Å². The van der Waals surface area contributed by atoms with Crippen molar-refractivity contribution in [2.75, 3.05) is 99.6 Å². The number of ketones is 1. The molecule has 0 spiro atoms. The number of ether oxygens (including phenoxy) is 6. The standard InChI is InChI=1S/C30H54N3O15PS/c1-41-13-15-44-17-19-46-29(37)31-11-7-6-10-24(32-30(38)47-20-18-45-16-14-42-2)25(34)23-33-27(35)22-26(28(33)36)50-21-9-5-4-8-12-48-49(39,40)43-3/h24,26H,4-23H2,1-3H3,(H,31,37)(H,32,38)(H,39,40)/p-1. The van der Waals surface area contributed by atoms with E-state index in [1.165, 1.54) is 18.9 Å². The molecule has 1 saturated heterocycles. The number of nitrogens with one attached hydrogen (secondary N) is 2. The Morgan fingerprint density at radius 1 is 0.840 bits per heavy atom. The van der Waals surface area contributed by atoms with Crippen molar-refractivity contribution in [1.29, 1.82) is 0 Å². The summed E-state index contributed by atoms with van der Waals surface area (Å²) in [5, 5.41) is 4.51. The summed E-state index contributed by atoms with van der Waals surface area (Å²) >= 11 is 1.33. The fourth-order valence-electron chi connectivity index (χ4n) is 4.32. The molecule has 0 radical (unpaired) electrons. The number of nitrogens with zero attached hydrogens (tertiary/aromatic N) is 1. The Balaban J connectivity index is 2.54. The molecule has 20 heteroatoms. The van der Waals surface area contributed by atoms with Crippen LogP contribution in [-0.2, 0) is 56.4 Å². The Morgan fingerprint density at radius 2 is 1.46 bits per heavy atom. The first-order valence-electron chi connectivity index (χ1n) is 16.5. The summed E-state index contributed by atoms with van der Waals surface area (Å²) in [5.74, 6) is -0.877. The zero-order valence-corrected chi connectivity index (χ0v) is 30.9. The average Bonchev–Trinajstić information content (AvgIpc) is 3.35. The summed E-state index contributed by atoms with van der Waals surface area (Å²) in [6, 6.07) is -1.05. The quantitative estimate of drug-likeness (QED) is 0.0579. The largest absolute Gasteiger partial charge is 0.756 e. The van der Waals surface area contributed by atoms with Gasteiger partial charge in [0.1, 0.15) is 13.2 Å². The highest BCUT2D eigenvalue weighted by Crippen LogP contribution is 2.36. The molecule has 0 aromatic rings. The Kier molecular flexibility index (Phi) is 25.8. The maximum Gasteiger partial charge on any atom is 0.407 e. The van der Waals surface area contributed by atoms with Crippen LogP contribution in [0.4, 0.5) is 9.59 Å². The molecule has 18 nitrogen and oxygen atoms in total. The van der Waals surface area contributed by atoms with E-state index in [2.05, 4.69) is 19.7 Å². The van der Waals surface area contributed by atoms with E-state index in [0.717, 1.165) is 24.9 Å². The van der Waals surface area contributed by atoms with E-state index in [-0.39, 0.29) is 52.4 Å². The fraction of sp³-hybridized carbons (Fsp3) is 0.833. The number of Topliss-reactive ketones (excluding diaryl/α,β-unsaturated/α-hetero) is 1. The molecule has 2 N–H and O–H groups in total. The van der Waals surface area contributed by atoms with Gasteiger partial charge in [0.2, 0.25) is 11.8 Å². The number of amides is 4. The number of phosphoric acid groups is 1. The molecule has 0 saturated carbocycles. The topological polar surface area (TPSA) is 227 Å². The molecule has 0 aromatic carbocycles. The third kappa shape index (κ3) is 21.8. The lowest BCUT2D eigenvalue weighted by Crippen LogP contribution is -2.47. The number of likely N-dealkylation sites (tertiary alicyclic amines) is 1. The number of hydrogen-bond donors (Lipinski definition) is 2. The van der Waals surface area contributed by atoms with Gasteiger partial charge in [0.25, 0.3) is 7.82 Å². The molecule has 0 aromatic heterocycles. The monoisotopic (exact) mass is 758 g/mol. The van der Waals surface area contributed by atoms with Gasteiger partial charge in [-0.05, 0) is 37.9 Å². The molecule has 1 fully saturated rings. The summed E-state index contributed by atoms with van der Waals surface area (Å²) < 4.78 is 50.4. The van der Waals surface area contributed by atoms with Gasteiger partial charge in [-0.3, -0.25) is 23.8 Å². The maximum absolute atomic E-state index is 13.3. The minimum atomic E-state index is -4.23. The van der Waals surface area contributed by atoms with Gasteiger partial charge in [-0.15, -0.1) is 11.8 Å². The Hall–Kier alpha value is -2.35. The lowest BCUT2D eigenvalue weighted by atomic mass is 10.0. The van der Waals surface area contributed by atoms with Crippen molar-refractivity contribution < 1.29 is 70.9 Å². The van der Waals surface area contributed by atoms with Crippen LogP contribution in [0.1, 0.15) is 51.4 Å². The van der Waals surface area contributed by atoms with E-state index >= 15 is 0 Å². The first-order chi connectivity index (χ1) is 24.0. The molecular formula is C30H53N3O15PS-. The van der Waals surface area contributed by atoms with Crippen LogP contribution in [0, 0.1) is 0 Å². The molecule has 50 heavy (non-hydrogen) atoms. The number of rotatable bonds is 31. The van der Waals surface area contributed by atoms with Gasteiger partial charge in [-0.1, -0.05) is 12.8 Å². The number of hydrogen-bond acceptors (Lipinski definition) is 16. The second-order valence-corrected chi connectivity index (χ2v) is 13.7. The van der Waals surface area contributed by atoms with E-state index in [1.54, 1.807) is 7.11 Å². The molecular weight excluding hydrogens is 705 g/mol. The zero-order chi connectivity index (χ0) is 37.0. The minimum Gasteiger partial charge on any atom is -0.756 e. The summed E-state index contributed by atoms with van der Waals surface area (Å²) in [6.07, 6.45) is 2.26. The van der Waals surface area contributed by atoms with Crippen LogP contribution in [0.15, 0.2) is 0 Å². The maximum atomic E-state index is 13.3. The van der Waals surface area contributed by atoms with Crippen molar-refractivity contribution >= 4 is 49.4 Å². The first-order valence-corrected chi connectivity index (χ1v) is 19.0. The number of phosphoric ester groups is 1. The van der Waals surface area contributed by atoms with Crippen LogP contribution in [-0.4, -0.2) is 146 Å². The average molecular weight is 759 g/mol. The second-order valence-electron chi connectivity index (χ2n) is 10.8. The molecule has 0 bridgehead atoms. The summed E-state index contributed by atoms with van der Waals surface area (Å²) in [7, 11) is -0.117. The van der Waals surface area contributed by atoms with E-state index in [1.807, 2.05) is 0 Å². The number of carbonyl (C=O) groups is 5. The van der Waals surface area contributed by atoms with Crippen LogP contribution in [0.2, 0.25) is 0 Å². The lowest BCUT2D eigenvalue weighted by molar-refractivity contribution is -0.223. The van der Waals surface area contributed by atoms with E-state index in [4.69, 9.17) is 28.4 Å². The van der Waals surface area contributed by atoms with Crippen molar-refractivity contribution in [1.82, 2.24) is 15.5 Å². The van der Waals surface area contributed by atoms with Crippen molar-refractivity contribution in [3.8, 4) is 0 Å². The van der Waals surface area contributed by atoms with Crippen LogP contribution < -0.4 is 15.5 Å². The summed E-state index contributed by atoms with van der Waals surface area (Å²) in [6.45, 7) is 1.66. The number of thioether (sulfide) groups is 1. The van der Waals surface area contributed by atoms with Gasteiger partial charge in [-0.2, -0.15) is 0 Å². The zero-order valence-electron chi connectivity index (χ0n) is 29.2. The molecule has 1 aliphatic heterocycles. The predicted molar refractivity (Wildman–Crippen MR) is 178 cm³/mol. The molecule has 1 heterocycles. The van der Waals surface area contributed by atoms with E-state index in [9.17, 15) is 33.4 Å². The molecule has 4 amide bonds. The highest BCUT2D eigenvalue weighted by molar-refractivity contribution is 8.00. The minimum absolute atomic E-state index is 0.0231. The van der Waals surface area contributed by atoms with Crippen LogP contribution in [0.5, 0.6) is 0 Å². The van der Waals surface area contributed by atoms with Crippen molar-refractivity contribution in [3.63, 3.8) is 0 Å². The Morgan fingerprint density at radius 3 is 2.10 bits per heavy atom. The fourth-order valence-corrected chi connectivity index (χ4v) is 5.96. The van der Waals surface area contributed by atoms with Gasteiger partial charge in [0, 0.05) is 34.3 Å². The van der Waals surface area contributed by atoms with Crippen LogP contribution >= 0.6 is 19.6 Å². The van der Waals surface area contributed by atoms with Gasteiger partial charge < -0.3 is 53.0 Å². The van der Waals surface area contributed by atoms with Crippen molar-refractivity contribution in [2.24, 2.45) is 0 Å². The number of unbranched alkanes of at least 4 members (excludes halogenated alkanes) is 4. The van der Waals surface area contributed by atoms with Gasteiger partial charge in [0.15, 0.2) is 5.78 Å². The number of alkyl carbamates (subject to hydrolysis) is 2. The number of carbonyl (C=O) groups excluding carboxylic acids is 5. The molecule has 290 valence electrons. The third-order valence-electron chi connectivity index (χ3n) is 7.00. The van der Waals surface area contributed by atoms with Crippen molar-refractivity contribution in [3.05, 3.63) is 0 Å². The Labute approximate surface area is 297 Å².